The molecule has 5 aromatic carbocycles. The predicted molar refractivity (Wildman–Crippen MR) is 139 cm³/mol. The quantitative estimate of drug-likeness (QED) is 0.242. The Morgan fingerprint density at radius 1 is 0.556 bits per heavy atom. The number of nitriles is 1. The first-order valence-electron chi connectivity index (χ1n) is 11.3. The zero-order valence-electron chi connectivity index (χ0n) is 19.0. The fourth-order valence-electron chi connectivity index (χ4n) is 4.39. The largest absolute Gasteiger partial charge is 0.234 e. The topological polar surface area (TPSA) is 28.1 Å². The summed E-state index contributed by atoms with van der Waals surface area (Å²) < 4.78 is 31.5. The molecule has 0 N–H and O–H groups in total. The molecule has 36 heavy (non-hydrogen) atoms. The van der Waals surface area contributed by atoms with Gasteiger partial charge in [0.25, 0.3) is 0 Å². The summed E-state index contributed by atoms with van der Waals surface area (Å²) >= 11 is 0. The molecule has 4 heteroatoms. The second kappa shape index (κ2) is 9.66. The van der Waals surface area contributed by atoms with Gasteiger partial charge in [0.15, 0.2) is 0 Å². The summed E-state index contributed by atoms with van der Waals surface area (Å²) in [6, 6.07) is 34.8. The number of hydrogen-bond donors (Lipinski definition) is 0. The first-order chi connectivity index (χ1) is 17.6. The zero-order chi connectivity index (χ0) is 25.1. The molecule has 5 aromatic rings. The van der Waals surface area contributed by atoms with Crippen LogP contribution in [0.5, 0.6) is 0 Å². The van der Waals surface area contributed by atoms with Crippen LogP contribution in [0.2, 0.25) is 0 Å². The van der Waals surface area contributed by atoms with E-state index in [4.69, 9.17) is 6.57 Å². The van der Waals surface area contributed by atoms with Gasteiger partial charge in [0.05, 0.1) is 12.1 Å². The van der Waals surface area contributed by atoms with Crippen molar-refractivity contribution in [1.29, 1.82) is 5.26 Å². The Labute approximate surface area is 208 Å². The lowest BCUT2D eigenvalue weighted by Gasteiger charge is -2.17. The van der Waals surface area contributed by atoms with Gasteiger partial charge < -0.3 is 0 Å². The Balaban J connectivity index is 1.85. The van der Waals surface area contributed by atoms with Crippen molar-refractivity contribution < 1.29 is 8.78 Å². The summed E-state index contributed by atoms with van der Waals surface area (Å²) in [7, 11) is 0. The van der Waals surface area contributed by atoms with Gasteiger partial charge in [0, 0.05) is 11.1 Å². The minimum atomic E-state index is -0.978. The molecule has 0 saturated carbocycles. The van der Waals surface area contributed by atoms with Crippen molar-refractivity contribution in [2.24, 2.45) is 0 Å². The van der Waals surface area contributed by atoms with E-state index < -0.39 is 11.6 Å². The molecule has 0 amide bonds. The molecule has 0 fully saturated rings. The van der Waals surface area contributed by atoms with E-state index in [9.17, 15) is 5.26 Å². The summed E-state index contributed by atoms with van der Waals surface area (Å²) in [6.45, 7) is 7.76. The third-order valence-corrected chi connectivity index (χ3v) is 6.08. The van der Waals surface area contributed by atoms with Crippen molar-refractivity contribution in [3.05, 3.63) is 138 Å². The molecule has 0 aliphatic heterocycles. The fraction of sp³-hybridized carbons (Fsp3) is 0. The van der Waals surface area contributed by atoms with Gasteiger partial charge in [-0.2, -0.15) is 5.26 Å². The minimum absolute atomic E-state index is 0.0443. The van der Waals surface area contributed by atoms with Crippen LogP contribution in [-0.4, -0.2) is 0 Å². The van der Waals surface area contributed by atoms with Gasteiger partial charge in [-0.1, -0.05) is 91.0 Å². The zero-order valence-corrected chi connectivity index (χ0v) is 19.0. The average molecular weight is 469 g/mol. The van der Waals surface area contributed by atoms with E-state index >= 15 is 8.78 Å². The van der Waals surface area contributed by atoms with Crippen LogP contribution in [0.1, 0.15) is 5.56 Å². The maximum atomic E-state index is 15.8. The third kappa shape index (κ3) is 4.02. The lowest BCUT2D eigenvalue weighted by atomic mass is 9.88. The van der Waals surface area contributed by atoms with Crippen LogP contribution in [0.3, 0.4) is 0 Å². The first-order valence-corrected chi connectivity index (χ1v) is 11.3. The normalized spacial score (nSPS) is 10.4. The first kappa shape index (κ1) is 22.7. The molecule has 0 heterocycles. The Morgan fingerprint density at radius 2 is 1.00 bits per heavy atom. The summed E-state index contributed by atoms with van der Waals surface area (Å²) in [4.78, 5) is 3.44. The molecule has 0 spiro atoms. The van der Waals surface area contributed by atoms with Gasteiger partial charge in [-0.15, -0.1) is 0 Å². The molecular weight excluding hydrogens is 450 g/mol. The highest BCUT2D eigenvalue weighted by Gasteiger charge is 2.27. The van der Waals surface area contributed by atoms with Gasteiger partial charge in [-0.3, -0.25) is 0 Å². The van der Waals surface area contributed by atoms with Gasteiger partial charge in [0.2, 0.25) is 5.69 Å². The van der Waals surface area contributed by atoms with Gasteiger partial charge in [-0.25, -0.2) is 13.6 Å². The molecule has 0 unspecified atom stereocenters. The molecule has 0 aliphatic carbocycles. The second-order valence-electron chi connectivity index (χ2n) is 8.22. The van der Waals surface area contributed by atoms with E-state index in [1.807, 2.05) is 72.8 Å². The molecule has 5 rings (SSSR count). The summed E-state index contributed by atoms with van der Waals surface area (Å²) in [5.74, 6) is -1.95. The van der Waals surface area contributed by atoms with E-state index in [1.54, 1.807) is 42.5 Å². The maximum Gasteiger partial charge on any atom is 0.231 e. The Hall–Kier alpha value is -5.06. The minimum Gasteiger partial charge on any atom is -0.234 e. The molecule has 0 saturated heterocycles. The SMILES string of the molecule is [C-]#[N+]c1c(F)c(-c2ccccc2)c(F)c(C#N)c1-c1cc(-c2ccccc2)cc(-c2ccccc2)c1. The van der Waals surface area contributed by atoms with E-state index in [2.05, 4.69) is 4.85 Å². The Kier molecular flexibility index (Phi) is 6.10. The molecule has 0 aromatic heterocycles. The van der Waals surface area contributed by atoms with Gasteiger partial charge in [-0.05, 0) is 51.6 Å². The summed E-state index contributed by atoms with van der Waals surface area (Å²) in [6.07, 6.45) is 0. The smallest absolute Gasteiger partial charge is 0.231 e. The van der Waals surface area contributed by atoms with E-state index in [0.29, 0.717) is 5.56 Å². The summed E-state index contributed by atoms with van der Waals surface area (Å²) in [5, 5.41) is 10.0. The lowest BCUT2D eigenvalue weighted by Crippen LogP contribution is -2.00. The van der Waals surface area contributed by atoms with Crippen LogP contribution < -0.4 is 0 Å². The fourth-order valence-corrected chi connectivity index (χ4v) is 4.39. The Morgan fingerprint density at radius 3 is 1.44 bits per heavy atom. The van der Waals surface area contributed by atoms with Crippen LogP contribution in [0.25, 0.3) is 49.4 Å². The van der Waals surface area contributed by atoms with Crippen molar-refractivity contribution in [1.82, 2.24) is 0 Å². The molecular formula is C32H18F2N2. The van der Waals surface area contributed by atoms with Gasteiger partial charge in [0.1, 0.15) is 17.7 Å². The van der Waals surface area contributed by atoms with E-state index in [-0.39, 0.29) is 27.9 Å². The van der Waals surface area contributed by atoms with Crippen molar-refractivity contribution in [2.75, 3.05) is 0 Å². The van der Waals surface area contributed by atoms with Crippen LogP contribution in [0.15, 0.2) is 109 Å². The predicted octanol–water partition coefficient (Wildman–Crippen LogP) is 9.06. The second-order valence-corrected chi connectivity index (χ2v) is 8.22. The molecule has 0 radical (unpaired) electrons. The standard InChI is InChI=1S/C32H18F2N2/c1-36-32-28(27(20-35)30(33)29(31(32)34)23-15-9-4-10-16-23)26-18-24(21-11-5-2-6-12-21)17-25(19-26)22-13-7-3-8-14-22/h2-19H. The number of halogens is 2. The molecule has 0 bridgehead atoms. The van der Waals surface area contributed by atoms with Crippen LogP contribution in [0.4, 0.5) is 14.5 Å². The van der Waals surface area contributed by atoms with Crippen LogP contribution in [-0.2, 0) is 0 Å². The molecule has 2 nitrogen and oxygen atoms in total. The van der Waals surface area contributed by atoms with Gasteiger partial charge >= 0.3 is 0 Å². The average Bonchev–Trinajstić information content (AvgIpc) is 2.94. The van der Waals surface area contributed by atoms with E-state index in [1.165, 1.54) is 0 Å². The monoisotopic (exact) mass is 468 g/mol. The number of nitrogens with zero attached hydrogens (tertiary/aromatic N) is 2. The van der Waals surface area contributed by atoms with Crippen molar-refractivity contribution >= 4 is 5.69 Å². The number of benzene rings is 5. The molecule has 0 aliphatic rings. The van der Waals surface area contributed by atoms with Crippen LogP contribution in [0, 0.1) is 29.5 Å². The maximum absolute atomic E-state index is 15.8. The van der Waals surface area contributed by atoms with Crippen molar-refractivity contribution in [3.63, 3.8) is 0 Å². The number of rotatable bonds is 4. The summed E-state index contributed by atoms with van der Waals surface area (Å²) in [5.41, 5.74) is 2.93. The number of hydrogen-bond acceptors (Lipinski definition) is 1. The Bertz CT molecular complexity index is 1550. The van der Waals surface area contributed by atoms with Crippen LogP contribution >= 0.6 is 0 Å². The lowest BCUT2D eigenvalue weighted by molar-refractivity contribution is 0.591. The van der Waals surface area contributed by atoms with E-state index in [0.717, 1.165) is 22.3 Å². The highest BCUT2D eigenvalue weighted by atomic mass is 19.1. The molecule has 0 atom stereocenters. The van der Waals surface area contributed by atoms with Crippen molar-refractivity contribution in [3.8, 4) is 50.6 Å². The van der Waals surface area contributed by atoms with Crippen molar-refractivity contribution in [2.45, 2.75) is 0 Å². The highest BCUT2D eigenvalue weighted by Crippen LogP contribution is 2.45. The molecule has 170 valence electrons. The highest BCUT2D eigenvalue weighted by molar-refractivity contribution is 5.92. The third-order valence-electron chi connectivity index (χ3n) is 6.08.